The monoisotopic (exact) mass is 491 g/mol. The molecule has 0 bridgehead atoms. The van der Waals surface area contributed by atoms with E-state index in [9.17, 15) is 14.7 Å². The van der Waals surface area contributed by atoms with Crippen LogP contribution in [0.25, 0.3) is 0 Å². The summed E-state index contributed by atoms with van der Waals surface area (Å²) in [4.78, 5) is 31.7. The zero-order chi connectivity index (χ0) is 25.8. The van der Waals surface area contributed by atoms with Gasteiger partial charge in [0, 0.05) is 29.3 Å². The van der Waals surface area contributed by atoms with E-state index in [4.69, 9.17) is 19.2 Å². The van der Waals surface area contributed by atoms with Crippen LogP contribution >= 0.6 is 0 Å². The molecule has 1 heterocycles. The van der Waals surface area contributed by atoms with E-state index in [2.05, 4.69) is 0 Å². The van der Waals surface area contributed by atoms with E-state index < -0.39 is 11.8 Å². The summed E-state index contributed by atoms with van der Waals surface area (Å²) in [5, 5.41) is 10.2. The molecular formula is C29H33NO6. The Labute approximate surface area is 211 Å². The zero-order valence-electron chi connectivity index (χ0n) is 21.2. The second-order valence-electron chi connectivity index (χ2n) is 9.33. The number of nitrogens with zero attached hydrogens (tertiary/aromatic N) is 1. The lowest BCUT2D eigenvalue weighted by atomic mass is 9.69. The number of Topliss-reactive ketones (excluding diaryl/α,β-unsaturated/α-hetero) is 1. The number of ketones is 1. The molecule has 2 aromatic rings. The van der Waals surface area contributed by atoms with Crippen molar-refractivity contribution in [1.29, 1.82) is 0 Å². The van der Waals surface area contributed by atoms with Crippen LogP contribution in [-0.2, 0) is 14.3 Å². The van der Waals surface area contributed by atoms with Crippen LogP contribution in [0, 0.1) is 5.92 Å². The van der Waals surface area contributed by atoms with Crippen LogP contribution in [0.5, 0.6) is 17.2 Å². The first kappa shape index (κ1) is 25.5. The molecule has 3 unspecified atom stereocenters. The van der Waals surface area contributed by atoms with E-state index in [1.54, 1.807) is 32.4 Å². The second-order valence-corrected chi connectivity index (χ2v) is 9.33. The van der Waals surface area contributed by atoms with Crippen LogP contribution in [0.1, 0.15) is 62.5 Å². The highest BCUT2D eigenvalue weighted by molar-refractivity contribution is 6.09. The minimum absolute atomic E-state index is 0.0491. The number of esters is 1. The molecule has 190 valence electrons. The predicted molar refractivity (Wildman–Crippen MR) is 137 cm³/mol. The molecule has 2 aliphatic rings. The fourth-order valence-electron chi connectivity index (χ4n) is 5.19. The van der Waals surface area contributed by atoms with Crippen LogP contribution in [0.2, 0.25) is 0 Å². The summed E-state index contributed by atoms with van der Waals surface area (Å²) in [6.45, 7) is 4.17. The van der Waals surface area contributed by atoms with Gasteiger partial charge in [-0.05, 0) is 61.1 Å². The van der Waals surface area contributed by atoms with Crippen LogP contribution in [0.15, 0.2) is 58.7 Å². The molecule has 0 spiro atoms. The second kappa shape index (κ2) is 11.0. The maximum absolute atomic E-state index is 13.7. The molecule has 0 amide bonds. The topological polar surface area (TPSA) is 94.4 Å². The molecular weight excluding hydrogens is 458 g/mol. The molecule has 0 saturated carbocycles. The molecule has 0 fully saturated rings. The zero-order valence-corrected chi connectivity index (χ0v) is 21.2. The lowest BCUT2D eigenvalue weighted by Gasteiger charge is -2.36. The summed E-state index contributed by atoms with van der Waals surface area (Å²) < 4.78 is 16.4. The summed E-state index contributed by atoms with van der Waals surface area (Å²) in [7, 11) is 3.17. The van der Waals surface area contributed by atoms with Crippen molar-refractivity contribution in [3.63, 3.8) is 0 Å². The van der Waals surface area contributed by atoms with Crippen molar-refractivity contribution in [3.05, 3.63) is 64.9 Å². The van der Waals surface area contributed by atoms with Gasteiger partial charge >= 0.3 is 5.97 Å². The number of allylic oxidation sites excluding steroid dienone is 2. The average Bonchev–Trinajstić information content (AvgIpc) is 2.87. The fourth-order valence-corrected chi connectivity index (χ4v) is 5.19. The molecule has 7 heteroatoms. The Balaban J connectivity index is 1.74. The largest absolute Gasteiger partial charge is 0.508 e. The smallest absolute Gasteiger partial charge is 0.315 e. The normalized spacial score (nSPS) is 21.5. The van der Waals surface area contributed by atoms with E-state index in [1.165, 1.54) is 0 Å². The van der Waals surface area contributed by atoms with Crippen molar-refractivity contribution in [2.75, 3.05) is 20.8 Å². The van der Waals surface area contributed by atoms with Crippen LogP contribution in [0.3, 0.4) is 0 Å². The van der Waals surface area contributed by atoms with Gasteiger partial charge in [0.05, 0.1) is 20.8 Å². The Hall–Kier alpha value is -3.61. The van der Waals surface area contributed by atoms with E-state index in [0.29, 0.717) is 47.1 Å². The lowest BCUT2D eigenvalue weighted by molar-refractivity contribution is -0.146. The third-order valence-corrected chi connectivity index (χ3v) is 6.99. The third kappa shape index (κ3) is 5.01. The van der Waals surface area contributed by atoms with E-state index >= 15 is 0 Å². The number of aromatic hydroxyl groups is 1. The molecule has 3 atom stereocenters. The highest BCUT2D eigenvalue weighted by atomic mass is 16.5. The third-order valence-electron chi connectivity index (χ3n) is 6.99. The summed E-state index contributed by atoms with van der Waals surface area (Å²) in [6, 6.07) is 12.5. The molecule has 7 nitrogen and oxygen atoms in total. The number of aliphatic imine (C=N–C) groups is 1. The molecule has 0 saturated heterocycles. The van der Waals surface area contributed by atoms with Crippen molar-refractivity contribution in [2.24, 2.45) is 10.9 Å². The fraction of sp³-hybridized carbons (Fsp3) is 0.414. The van der Waals surface area contributed by atoms with Gasteiger partial charge in [0.1, 0.15) is 11.7 Å². The van der Waals surface area contributed by atoms with E-state index in [0.717, 1.165) is 18.4 Å². The standard InChI is InChI=1S/C29H33NO6/c1-5-6-12-36-29(33)26-17(2)30-22-14-20(18-10-11-24(34-3)25(16-18)35-4)15-23(32)28(22)27(26)19-8-7-9-21(31)13-19/h7-11,13,16,20,26-27,31H,5-6,12,14-15H2,1-4H3. The first-order chi connectivity index (χ1) is 17.4. The van der Waals surface area contributed by atoms with Crippen molar-refractivity contribution in [3.8, 4) is 17.2 Å². The Kier molecular flexibility index (Phi) is 7.77. The highest BCUT2D eigenvalue weighted by Crippen LogP contribution is 2.47. The number of carbonyl (C=O) groups excluding carboxylic acids is 2. The minimum atomic E-state index is -0.719. The van der Waals surface area contributed by atoms with E-state index in [1.807, 2.05) is 38.1 Å². The predicted octanol–water partition coefficient (Wildman–Crippen LogP) is 5.33. The summed E-state index contributed by atoms with van der Waals surface area (Å²) in [5.41, 5.74) is 3.52. The lowest BCUT2D eigenvalue weighted by Crippen LogP contribution is -2.38. The number of ether oxygens (including phenoxy) is 3. The number of hydrogen-bond donors (Lipinski definition) is 1. The molecule has 2 aromatic carbocycles. The first-order valence-corrected chi connectivity index (χ1v) is 12.4. The van der Waals surface area contributed by atoms with Gasteiger partial charge in [0.25, 0.3) is 0 Å². The van der Waals surface area contributed by atoms with Gasteiger partial charge in [-0.15, -0.1) is 0 Å². The summed E-state index contributed by atoms with van der Waals surface area (Å²) >= 11 is 0. The van der Waals surface area contributed by atoms with Gasteiger partial charge in [0.2, 0.25) is 0 Å². The number of rotatable bonds is 8. The van der Waals surface area contributed by atoms with Crippen molar-refractivity contribution in [2.45, 2.75) is 51.4 Å². The molecule has 4 rings (SSSR count). The van der Waals surface area contributed by atoms with Crippen LogP contribution in [0.4, 0.5) is 0 Å². The Bertz CT molecular complexity index is 1210. The van der Waals surface area contributed by atoms with Crippen molar-refractivity contribution >= 4 is 17.5 Å². The number of carbonyl (C=O) groups is 2. The molecule has 36 heavy (non-hydrogen) atoms. The van der Waals surface area contributed by atoms with Gasteiger partial charge < -0.3 is 19.3 Å². The van der Waals surface area contributed by atoms with Crippen molar-refractivity contribution in [1.82, 2.24) is 0 Å². The average molecular weight is 492 g/mol. The maximum atomic E-state index is 13.7. The summed E-state index contributed by atoms with van der Waals surface area (Å²) in [6.07, 6.45) is 2.52. The first-order valence-electron chi connectivity index (χ1n) is 12.4. The van der Waals surface area contributed by atoms with Gasteiger partial charge in [-0.25, -0.2) is 0 Å². The van der Waals surface area contributed by atoms with Gasteiger partial charge in [0.15, 0.2) is 17.3 Å². The Morgan fingerprint density at radius 1 is 1.06 bits per heavy atom. The molecule has 1 N–H and O–H groups in total. The Morgan fingerprint density at radius 2 is 1.83 bits per heavy atom. The number of unbranched alkanes of at least 4 members (excludes halogenated alkanes) is 1. The number of benzene rings is 2. The molecule has 0 aromatic heterocycles. The quantitative estimate of drug-likeness (QED) is 0.396. The highest BCUT2D eigenvalue weighted by Gasteiger charge is 2.44. The van der Waals surface area contributed by atoms with Crippen molar-refractivity contribution < 1.29 is 28.9 Å². The number of phenolic OH excluding ortho intramolecular Hbond substituents is 1. The van der Waals surface area contributed by atoms with Crippen LogP contribution in [-0.4, -0.2) is 43.4 Å². The van der Waals surface area contributed by atoms with Gasteiger partial charge in [-0.1, -0.05) is 31.5 Å². The number of phenols is 1. The van der Waals surface area contributed by atoms with Gasteiger partial charge in [-0.3, -0.25) is 14.6 Å². The number of methoxy groups -OCH3 is 2. The number of hydrogen-bond acceptors (Lipinski definition) is 7. The summed E-state index contributed by atoms with van der Waals surface area (Å²) in [5.74, 6) is -0.473. The van der Waals surface area contributed by atoms with E-state index in [-0.39, 0.29) is 29.8 Å². The minimum Gasteiger partial charge on any atom is -0.508 e. The molecule has 1 aliphatic heterocycles. The Morgan fingerprint density at radius 3 is 2.53 bits per heavy atom. The molecule has 1 aliphatic carbocycles. The maximum Gasteiger partial charge on any atom is 0.315 e. The van der Waals surface area contributed by atoms with Gasteiger partial charge in [-0.2, -0.15) is 0 Å². The SMILES string of the molecule is CCCCOC(=O)C1C(C)=NC2=C(C(=O)CC(c3ccc(OC)c(OC)c3)C2)C1c1cccc(O)c1. The molecule has 0 radical (unpaired) electrons. The van der Waals surface area contributed by atoms with Crippen LogP contribution < -0.4 is 9.47 Å².